The smallest absolute Gasteiger partial charge is 0.303 e. The Labute approximate surface area is 153 Å². The number of carbonyl (C=O) groups excluding carboxylic acids is 1. The Bertz CT molecular complexity index is 749. The van der Waals surface area contributed by atoms with Crippen molar-refractivity contribution in [3.05, 3.63) is 71.3 Å². The normalized spacial score (nSPS) is 10.7. The number of carboxylic acids is 1. The minimum Gasteiger partial charge on any atom is -0.489 e. The molecule has 2 rings (SSSR count). The molecule has 0 aromatic heterocycles. The predicted molar refractivity (Wildman–Crippen MR) is 101 cm³/mol. The first-order chi connectivity index (χ1) is 12.5. The third-order valence-electron chi connectivity index (χ3n) is 3.70. The molecule has 1 amide bonds. The molecule has 26 heavy (non-hydrogen) atoms. The van der Waals surface area contributed by atoms with E-state index in [1.807, 2.05) is 43.3 Å². The van der Waals surface area contributed by atoms with E-state index in [9.17, 15) is 9.59 Å². The van der Waals surface area contributed by atoms with Crippen LogP contribution in [0.4, 0.5) is 0 Å². The number of amides is 1. The Hall–Kier alpha value is -3.08. The number of aliphatic carboxylic acids is 1. The van der Waals surface area contributed by atoms with E-state index in [2.05, 4.69) is 17.4 Å². The van der Waals surface area contributed by atoms with Gasteiger partial charge in [0.1, 0.15) is 12.4 Å². The quantitative estimate of drug-likeness (QED) is 0.534. The Morgan fingerprint density at radius 3 is 2.42 bits per heavy atom. The SMILES string of the molecule is Cc1ccc(COc2ccc(/C=C/C(=O)NCCCC(=O)O)cc2)cc1. The third-order valence-corrected chi connectivity index (χ3v) is 3.70. The molecule has 2 aromatic carbocycles. The van der Waals surface area contributed by atoms with Gasteiger partial charge in [0.15, 0.2) is 0 Å². The van der Waals surface area contributed by atoms with Gasteiger partial charge in [-0.25, -0.2) is 0 Å². The topological polar surface area (TPSA) is 75.6 Å². The monoisotopic (exact) mass is 353 g/mol. The van der Waals surface area contributed by atoms with Crippen LogP contribution < -0.4 is 10.1 Å². The predicted octanol–water partition coefficient (Wildman–Crippen LogP) is 3.57. The zero-order chi connectivity index (χ0) is 18.8. The van der Waals surface area contributed by atoms with Crippen LogP contribution in [-0.2, 0) is 16.2 Å². The molecule has 0 saturated heterocycles. The molecule has 5 nitrogen and oxygen atoms in total. The highest BCUT2D eigenvalue weighted by molar-refractivity contribution is 5.91. The summed E-state index contributed by atoms with van der Waals surface area (Å²) in [6.45, 7) is 2.91. The molecule has 0 aliphatic carbocycles. The zero-order valence-corrected chi connectivity index (χ0v) is 14.8. The van der Waals surface area contributed by atoms with Crippen LogP contribution in [0.15, 0.2) is 54.6 Å². The van der Waals surface area contributed by atoms with Crippen molar-refractivity contribution in [2.75, 3.05) is 6.54 Å². The fourth-order valence-corrected chi connectivity index (χ4v) is 2.21. The van der Waals surface area contributed by atoms with Gasteiger partial charge in [0.05, 0.1) is 0 Å². The summed E-state index contributed by atoms with van der Waals surface area (Å²) in [7, 11) is 0. The van der Waals surface area contributed by atoms with E-state index in [0.717, 1.165) is 16.9 Å². The molecular weight excluding hydrogens is 330 g/mol. The lowest BCUT2D eigenvalue weighted by Crippen LogP contribution is -2.22. The Morgan fingerprint density at radius 2 is 1.77 bits per heavy atom. The van der Waals surface area contributed by atoms with Gasteiger partial charge in [-0.1, -0.05) is 42.0 Å². The summed E-state index contributed by atoms with van der Waals surface area (Å²) in [4.78, 5) is 22.0. The van der Waals surface area contributed by atoms with Crippen LogP contribution in [-0.4, -0.2) is 23.5 Å². The molecule has 0 radical (unpaired) electrons. The fourth-order valence-electron chi connectivity index (χ4n) is 2.21. The number of nitrogens with one attached hydrogen (secondary N) is 1. The van der Waals surface area contributed by atoms with Crippen molar-refractivity contribution in [3.63, 3.8) is 0 Å². The van der Waals surface area contributed by atoms with E-state index >= 15 is 0 Å². The van der Waals surface area contributed by atoms with Crippen molar-refractivity contribution in [3.8, 4) is 5.75 Å². The summed E-state index contributed by atoms with van der Waals surface area (Å²) in [5, 5.41) is 11.2. The summed E-state index contributed by atoms with van der Waals surface area (Å²) in [6, 6.07) is 15.7. The van der Waals surface area contributed by atoms with Crippen molar-refractivity contribution in [1.82, 2.24) is 5.32 Å². The Balaban J connectivity index is 1.76. The number of rotatable bonds is 9. The van der Waals surface area contributed by atoms with Crippen molar-refractivity contribution in [2.24, 2.45) is 0 Å². The largest absolute Gasteiger partial charge is 0.489 e. The molecule has 2 N–H and O–H groups in total. The summed E-state index contributed by atoms with van der Waals surface area (Å²) < 4.78 is 5.75. The molecule has 0 aliphatic heterocycles. The highest BCUT2D eigenvalue weighted by Crippen LogP contribution is 2.15. The lowest BCUT2D eigenvalue weighted by Gasteiger charge is -2.07. The molecule has 0 atom stereocenters. The van der Waals surface area contributed by atoms with E-state index in [-0.39, 0.29) is 12.3 Å². The van der Waals surface area contributed by atoms with Gasteiger partial charge in [0.25, 0.3) is 0 Å². The van der Waals surface area contributed by atoms with Crippen LogP contribution in [0, 0.1) is 6.92 Å². The Morgan fingerprint density at radius 1 is 1.08 bits per heavy atom. The molecule has 0 bridgehead atoms. The van der Waals surface area contributed by atoms with E-state index in [4.69, 9.17) is 9.84 Å². The standard InChI is InChI=1S/C21H23NO4/c1-16-4-6-18(7-5-16)15-26-19-11-8-17(9-12-19)10-13-20(23)22-14-2-3-21(24)25/h4-13H,2-3,14-15H2,1H3,(H,22,23)(H,24,25)/b13-10+. The van der Waals surface area contributed by atoms with Crippen LogP contribution >= 0.6 is 0 Å². The minimum atomic E-state index is -0.862. The van der Waals surface area contributed by atoms with E-state index in [0.29, 0.717) is 19.6 Å². The Kier molecular flexibility index (Phi) is 7.43. The molecule has 0 saturated carbocycles. The van der Waals surface area contributed by atoms with Gasteiger partial charge in [0, 0.05) is 19.0 Å². The first kappa shape index (κ1) is 19.2. The number of ether oxygens (including phenoxy) is 1. The van der Waals surface area contributed by atoms with Crippen LogP contribution in [0.25, 0.3) is 6.08 Å². The van der Waals surface area contributed by atoms with Gasteiger partial charge in [0.2, 0.25) is 5.91 Å². The maximum absolute atomic E-state index is 11.6. The summed E-state index contributed by atoms with van der Waals surface area (Å²) >= 11 is 0. The molecule has 0 unspecified atom stereocenters. The first-order valence-corrected chi connectivity index (χ1v) is 8.49. The molecule has 0 spiro atoms. The zero-order valence-electron chi connectivity index (χ0n) is 14.8. The summed E-state index contributed by atoms with van der Waals surface area (Å²) in [5.74, 6) is -0.338. The van der Waals surface area contributed by atoms with Gasteiger partial charge in [-0.15, -0.1) is 0 Å². The van der Waals surface area contributed by atoms with Crippen LogP contribution in [0.2, 0.25) is 0 Å². The van der Waals surface area contributed by atoms with Crippen molar-refractivity contribution in [1.29, 1.82) is 0 Å². The van der Waals surface area contributed by atoms with E-state index < -0.39 is 5.97 Å². The van der Waals surface area contributed by atoms with Crippen LogP contribution in [0.3, 0.4) is 0 Å². The molecule has 0 aliphatic rings. The maximum Gasteiger partial charge on any atom is 0.303 e. The second-order valence-corrected chi connectivity index (χ2v) is 5.96. The highest BCUT2D eigenvalue weighted by atomic mass is 16.5. The van der Waals surface area contributed by atoms with Crippen LogP contribution in [0.1, 0.15) is 29.5 Å². The number of carboxylic acid groups (broad SMARTS) is 1. The van der Waals surface area contributed by atoms with Gasteiger partial charge >= 0.3 is 5.97 Å². The van der Waals surface area contributed by atoms with Gasteiger partial charge in [-0.3, -0.25) is 9.59 Å². The minimum absolute atomic E-state index is 0.0496. The van der Waals surface area contributed by atoms with Crippen LogP contribution in [0.5, 0.6) is 5.75 Å². The number of aryl methyl sites for hydroxylation is 1. The molecule has 5 heteroatoms. The van der Waals surface area contributed by atoms with Crippen molar-refractivity contribution in [2.45, 2.75) is 26.4 Å². The lowest BCUT2D eigenvalue weighted by atomic mass is 10.1. The summed E-state index contributed by atoms with van der Waals surface area (Å²) in [6.07, 6.45) is 3.61. The number of hydrogen-bond donors (Lipinski definition) is 2. The number of hydrogen-bond acceptors (Lipinski definition) is 3. The molecule has 0 fully saturated rings. The third kappa shape index (κ3) is 7.21. The second-order valence-electron chi connectivity index (χ2n) is 5.96. The second kappa shape index (κ2) is 10.0. The molecule has 0 heterocycles. The summed E-state index contributed by atoms with van der Waals surface area (Å²) in [5.41, 5.74) is 3.21. The van der Waals surface area contributed by atoms with Crippen molar-refractivity contribution >= 4 is 18.0 Å². The fraction of sp³-hybridized carbons (Fsp3) is 0.238. The van der Waals surface area contributed by atoms with Gasteiger partial charge < -0.3 is 15.2 Å². The highest BCUT2D eigenvalue weighted by Gasteiger charge is 1.99. The average molecular weight is 353 g/mol. The van der Waals surface area contributed by atoms with E-state index in [1.165, 1.54) is 11.6 Å². The maximum atomic E-state index is 11.6. The first-order valence-electron chi connectivity index (χ1n) is 8.49. The lowest BCUT2D eigenvalue weighted by molar-refractivity contribution is -0.137. The van der Waals surface area contributed by atoms with Gasteiger partial charge in [-0.2, -0.15) is 0 Å². The molecular formula is C21H23NO4. The van der Waals surface area contributed by atoms with Gasteiger partial charge in [-0.05, 0) is 42.7 Å². The molecule has 2 aromatic rings. The molecule has 136 valence electrons. The van der Waals surface area contributed by atoms with E-state index in [1.54, 1.807) is 6.08 Å². The number of carbonyl (C=O) groups is 2. The average Bonchev–Trinajstić information content (AvgIpc) is 2.64. The number of benzene rings is 2. The van der Waals surface area contributed by atoms with Crippen molar-refractivity contribution < 1.29 is 19.4 Å².